The van der Waals surface area contributed by atoms with Crippen LogP contribution in [-0.2, 0) is 0 Å². The van der Waals surface area contributed by atoms with Gasteiger partial charge in [0.05, 0.1) is 11.8 Å². The SMILES string of the molecule is CC1CC1CNC(=O)c1cc(F)cnc1N. The van der Waals surface area contributed by atoms with Gasteiger partial charge in [-0.2, -0.15) is 0 Å². The second-order valence-corrected chi connectivity index (χ2v) is 4.27. The Kier molecular flexibility index (Phi) is 2.77. The molecule has 4 nitrogen and oxygen atoms in total. The average Bonchev–Trinajstić information content (AvgIpc) is 2.95. The van der Waals surface area contributed by atoms with Crippen LogP contribution in [0.4, 0.5) is 10.2 Å². The van der Waals surface area contributed by atoms with Gasteiger partial charge in [0.2, 0.25) is 0 Å². The first-order valence-electron chi connectivity index (χ1n) is 5.27. The minimum absolute atomic E-state index is 0.0581. The van der Waals surface area contributed by atoms with E-state index in [4.69, 9.17) is 5.73 Å². The number of nitrogens with two attached hydrogens (primary N) is 1. The summed E-state index contributed by atoms with van der Waals surface area (Å²) in [6.07, 6.45) is 2.13. The molecule has 0 spiro atoms. The molecule has 1 aliphatic carbocycles. The van der Waals surface area contributed by atoms with E-state index in [1.807, 2.05) is 0 Å². The first kappa shape index (κ1) is 10.9. The van der Waals surface area contributed by atoms with Crippen molar-refractivity contribution in [2.75, 3.05) is 12.3 Å². The molecular formula is C11H14FN3O. The second-order valence-electron chi connectivity index (χ2n) is 4.27. The van der Waals surface area contributed by atoms with Crippen LogP contribution in [0.1, 0.15) is 23.7 Å². The molecule has 0 radical (unpaired) electrons. The van der Waals surface area contributed by atoms with Gasteiger partial charge in [0.1, 0.15) is 11.6 Å². The quantitative estimate of drug-likeness (QED) is 0.808. The molecule has 5 heteroatoms. The van der Waals surface area contributed by atoms with E-state index in [0.29, 0.717) is 18.4 Å². The number of halogens is 1. The summed E-state index contributed by atoms with van der Waals surface area (Å²) in [6.45, 7) is 2.75. The van der Waals surface area contributed by atoms with Crippen LogP contribution in [0.5, 0.6) is 0 Å². The van der Waals surface area contributed by atoms with Crippen LogP contribution >= 0.6 is 0 Å². The van der Waals surface area contributed by atoms with Crippen molar-refractivity contribution < 1.29 is 9.18 Å². The molecule has 0 bridgehead atoms. The lowest BCUT2D eigenvalue weighted by Crippen LogP contribution is -2.27. The van der Waals surface area contributed by atoms with Crippen LogP contribution < -0.4 is 11.1 Å². The summed E-state index contributed by atoms with van der Waals surface area (Å²) < 4.78 is 12.9. The summed E-state index contributed by atoms with van der Waals surface area (Å²) in [7, 11) is 0. The van der Waals surface area contributed by atoms with Crippen LogP contribution in [0.3, 0.4) is 0 Å². The number of pyridine rings is 1. The summed E-state index contributed by atoms with van der Waals surface area (Å²) in [6, 6.07) is 1.11. The lowest BCUT2D eigenvalue weighted by atomic mass is 10.2. The second kappa shape index (κ2) is 4.08. The van der Waals surface area contributed by atoms with Crippen LogP contribution in [0.2, 0.25) is 0 Å². The standard InChI is InChI=1S/C11H14FN3O/c1-6-2-7(6)4-15-11(16)9-3-8(12)5-14-10(9)13/h3,5-7H,2,4H2,1H3,(H2,13,14)(H,15,16). The fourth-order valence-electron chi connectivity index (χ4n) is 1.63. The molecule has 1 saturated carbocycles. The van der Waals surface area contributed by atoms with Crippen LogP contribution in [0.15, 0.2) is 12.3 Å². The molecule has 86 valence electrons. The highest BCUT2D eigenvalue weighted by atomic mass is 19.1. The van der Waals surface area contributed by atoms with Gasteiger partial charge in [-0.05, 0) is 24.3 Å². The summed E-state index contributed by atoms with van der Waals surface area (Å²) in [5.41, 5.74) is 5.61. The molecular weight excluding hydrogens is 209 g/mol. The summed E-state index contributed by atoms with van der Waals surface area (Å²) in [4.78, 5) is 15.3. The molecule has 1 fully saturated rings. The van der Waals surface area contributed by atoms with Gasteiger partial charge in [0, 0.05) is 6.54 Å². The van der Waals surface area contributed by atoms with Crippen LogP contribution in [-0.4, -0.2) is 17.4 Å². The van der Waals surface area contributed by atoms with E-state index in [1.165, 1.54) is 0 Å². The lowest BCUT2D eigenvalue weighted by molar-refractivity contribution is 0.0951. The Morgan fingerprint density at radius 3 is 3.06 bits per heavy atom. The Labute approximate surface area is 93.1 Å². The molecule has 2 rings (SSSR count). The van der Waals surface area contributed by atoms with Crippen LogP contribution in [0, 0.1) is 17.7 Å². The van der Waals surface area contributed by atoms with E-state index in [1.54, 1.807) is 0 Å². The molecule has 16 heavy (non-hydrogen) atoms. The molecule has 3 N–H and O–H groups in total. The van der Waals surface area contributed by atoms with Gasteiger partial charge in [-0.25, -0.2) is 9.37 Å². The van der Waals surface area contributed by atoms with E-state index in [-0.39, 0.29) is 17.3 Å². The number of nitrogen functional groups attached to an aromatic ring is 1. The highest BCUT2D eigenvalue weighted by Crippen LogP contribution is 2.36. The number of rotatable bonds is 3. The first-order chi connectivity index (χ1) is 7.58. The Morgan fingerprint density at radius 1 is 1.75 bits per heavy atom. The Bertz CT molecular complexity index is 422. The fraction of sp³-hybridized carbons (Fsp3) is 0.455. The largest absolute Gasteiger partial charge is 0.383 e. The van der Waals surface area contributed by atoms with Crippen molar-refractivity contribution in [2.45, 2.75) is 13.3 Å². The van der Waals surface area contributed by atoms with Gasteiger partial charge in [-0.1, -0.05) is 6.92 Å². The van der Waals surface area contributed by atoms with E-state index in [2.05, 4.69) is 17.2 Å². The molecule has 0 saturated heterocycles. The van der Waals surface area contributed by atoms with E-state index >= 15 is 0 Å². The number of hydrogen-bond donors (Lipinski definition) is 2. The van der Waals surface area contributed by atoms with Gasteiger partial charge >= 0.3 is 0 Å². The predicted molar refractivity (Wildman–Crippen MR) is 58.2 cm³/mol. The zero-order valence-electron chi connectivity index (χ0n) is 9.03. The number of nitrogens with zero attached hydrogens (tertiary/aromatic N) is 1. The van der Waals surface area contributed by atoms with Gasteiger partial charge < -0.3 is 11.1 Å². The van der Waals surface area contributed by atoms with Crippen molar-refractivity contribution in [3.05, 3.63) is 23.6 Å². The Hall–Kier alpha value is -1.65. The van der Waals surface area contributed by atoms with Gasteiger partial charge in [-0.3, -0.25) is 4.79 Å². The zero-order valence-corrected chi connectivity index (χ0v) is 9.03. The normalized spacial score (nSPS) is 22.9. The van der Waals surface area contributed by atoms with Crippen molar-refractivity contribution >= 4 is 11.7 Å². The third kappa shape index (κ3) is 2.29. The van der Waals surface area contributed by atoms with E-state index < -0.39 is 5.82 Å². The smallest absolute Gasteiger partial charge is 0.255 e. The number of carbonyl (C=O) groups excluding carboxylic acids is 1. The number of carbonyl (C=O) groups is 1. The Balaban J connectivity index is 1.99. The topological polar surface area (TPSA) is 68.0 Å². The average molecular weight is 223 g/mol. The van der Waals surface area contributed by atoms with Crippen molar-refractivity contribution in [3.8, 4) is 0 Å². The first-order valence-corrected chi connectivity index (χ1v) is 5.27. The van der Waals surface area contributed by atoms with Crippen molar-refractivity contribution in [1.29, 1.82) is 0 Å². The summed E-state index contributed by atoms with van der Waals surface area (Å²) in [5, 5.41) is 2.73. The molecule has 2 unspecified atom stereocenters. The minimum atomic E-state index is -0.556. The number of anilines is 1. The Morgan fingerprint density at radius 2 is 2.44 bits per heavy atom. The molecule has 1 aromatic heterocycles. The van der Waals surface area contributed by atoms with Gasteiger partial charge in [0.25, 0.3) is 5.91 Å². The zero-order chi connectivity index (χ0) is 11.7. The maximum atomic E-state index is 12.9. The molecule has 1 heterocycles. The maximum Gasteiger partial charge on any atom is 0.255 e. The number of aromatic nitrogens is 1. The van der Waals surface area contributed by atoms with Crippen LogP contribution in [0.25, 0.3) is 0 Å². The predicted octanol–water partition coefficient (Wildman–Crippen LogP) is 1.19. The van der Waals surface area contributed by atoms with Crippen molar-refractivity contribution in [3.63, 3.8) is 0 Å². The van der Waals surface area contributed by atoms with E-state index in [9.17, 15) is 9.18 Å². The number of hydrogen-bond acceptors (Lipinski definition) is 3. The number of amides is 1. The third-order valence-corrected chi connectivity index (χ3v) is 2.93. The van der Waals surface area contributed by atoms with Gasteiger partial charge in [0.15, 0.2) is 0 Å². The monoisotopic (exact) mass is 223 g/mol. The molecule has 1 amide bonds. The third-order valence-electron chi connectivity index (χ3n) is 2.93. The lowest BCUT2D eigenvalue weighted by Gasteiger charge is -2.06. The molecule has 1 aliphatic rings. The molecule has 2 atom stereocenters. The minimum Gasteiger partial charge on any atom is -0.383 e. The molecule has 0 aliphatic heterocycles. The van der Waals surface area contributed by atoms with Crippen molar-refractivity contribution in [1.82, 2.24) is 10.3 Å². The maximum absolute atomic E-state index is 12.9. The molecule has 0 aromatic carbocycles. The summed E-state index contributed by atoms with van der Waals surface area (Å²) >= 11 is 0. The van der Waals surface area contributed by atoms with E-state index in [0.717, 1.165) is 18.7 Å². The van der Waals surface area contributed by atoms with Crippen molar-refractivity contribution in [2.24, 2.45) is 11.8 Å². The van der Waals surface area contributed by atoms with Gasteiger partial charge in [-0.15, -0.1) is 0 Å². The molecule has 1 aromatic rings. The fourth-order valence-corrected chi connectivity index (χ4v) is 1.63. The highest BCUT2D eigenvalue weighted by Gasteiger charge is 2.32. The highest BCUT2D eigenvalue weighted by molar-refractivity contribution is 5.98. The summed E-state index contributed by atoms with van der Waals surface area (Å²) in [5.74, 6) is 0.362. The number of nitrogens with one attached hydrogen (secondary N) is 1.